The number of rotatable bonds is 7. The van der Waals surface area contributed by atoms with Crippen LogP contribution in [0.15, 0.2) is 41.6 Å². The predicted molar refractivity (Wildman–Crippen MR) is 80.3 cm³/mol. The number of amidine groups is 1. The lowest BCUT2D eigenvalue weighted by Gasteiger charge is -2.19. The molecule has 0 aliphatic heterocycles. The zero-order valence-corrected chi connectivity index (χ0v) is 11.7. The molecule has 0 saturated heterocycles. The number of nitrogens with zero attached hydrogens (tertiary/aromatic N) is 2. The summed E-state index contributed by atoms with van der Waals surface area (Å²) >= 11 is 0. The molecule has 18 heavy (non-hydrogen) atoms. The van der Waals surface area contributed by atoms with Crippen LogP contribution >= 0.6 is 0 Å². The van der Waals surface area contributed by atoms with E-state index in [0.717, 1.165) is 23.5 Å². The summed E-state index contributed by atoms with van der Waals surface area (Å²) in [5, 5.41) is 3.23. The molecule has 0 aliphatic rings. The second-order valence-electron chi connectivity index (χ2n) is 3.94. The van der Waals surface area contributed by atoms with Gasteiger partial charge in [-0.25, -0.2) is 0 Å². The fourth-order valence-corrected chi connectivity index (χ4v) is 1.10. The van der Waals surface area contributed by atoms with Gasteiger partial charge in [-0.2, -0.15) is 0 Å². The van der Waals surface area contributed by atoms with E-state index in [2.05, 4.69) is 36.3 Å². The van der Waals surface area contributed by atoms with Crippen molar-refractivity contribution >= 4 is 5.84 Å². The molecule has 0 aromatic carbocycles. The first kappa shape index (κ1) is 16.1. The van der Waals surface area contributed by atoms with Gasteiger partial charge in [0, 0.05) is 6.54 Å². The highest BCUT2D eigenvalue weighted by Crippen LogP contribution is 2.04. The van der Waals surface area contributed by atoms with Gasteiger partial charge in [-0.05, 0) is 38.6 Å². The van der Waals surface area contributed by atoms with Crippen molar-refractivity contribution in [2.45, 2.75) is 20.8 Å². The van der Waals surface area contributed by atoms with Gasteiger partial charge in [0.15, 0.2) is 0 Å². The molecule has 0 saturated carbocycles. The largest absolute Gasteiger partial charge is 0.361 e. The van der Waals surface area contributed by atoms with Crippen LogP contribution in [0.2, 0.25) is 0 Å². The molecule has 0 heterocycles. The van der Waals surface area contributed by atoms with Crippen LogP contribution in [0, 0.1) is 12.3 Å². The van der Waals surface area contributed by atoms with Crippen LogP contribution in [0.4, 0.5) is 0 Å². The highest BCUT2D eigenvalue weighted by molar-refractivity contribution is 5.94. The maximum absolute atomic E-state index is 5.23. The summed E-state index contributed by atoms with van der Waals surface area (Å²) in [6.07, 6.45) is 8.97. The van der Waals surface area contributed by atoms with Crippen molar-refractivity contribution in [3.63, 3.8) is 0 Å². The van der Waals surface area contributed by atoms with Crippen LogP contribution in [0.3, 0.4) is 0 Å². The molecule has 3 heteroatoms. The van der Waals surface area contributed by atoms with E-state index in [9.17, 15) is 0 Å². The predicted octanol–water partition coefficient (Wildman–Crippen LogP) is 2.55. The zero-order valence-electron chi connectivity index (χ0n) is 11.7. The van der Waals surface area contributed by atoms with Crippen molar-refractivity contribution in [1.29, 1.82) is 0 Å². The Bertz CT molecular complexity index is 383. The van der Waals surface area contributed by atoms with Crippen molar-refractivity contribution in [2.24, 2.45) is 4.99 Å². The van der Waals surface area contributed by atoms with Gasteiger partial charge < -0.3 is 10.2 Å². The van der Waals surface area contributed by atoms with Crippen LogP contribution in [0.1, 0.15) is 20.8 Å². The Morgan fingerprint density at radius 2 is 2.17 bits per heavy atom. The summed E-state index contributed by atoms with van der Waals surface area (Å²) in [5.41, 5.74) is 2.10. The first-order chi connectivity index (χ1) is 8.54. The highest BCUT2D eigenvalue weighted by Gasteiger charge is 1.99. The number of hydrogen-bond acceptors (Lipinski definition) is 2. The van der Waals surface area contributed by atoms with E-state index in [4.69, 9.17) is 6.42 Å². The Hall–Kier alpha value is -1.95. The molecular formula is C15H23N3. The molecule has 1 N–H and O–H groups in total. The normalized spacial score (nSPS) is 11.7. The summed E-state index contributed by atoms with van der Waals surface area (Å²) < 4.78 is 0. The molecule has 0 radical (unpaired) electrons. The Morgan fingerprint density at radius 3 is 2.61 bits per heavy atom. The van der Waals surface area contributed by atoms with Crippen LogP contribution < -0.4 is 5.32 Å². The third-order valence-corrected chi connectivity index (χ3v) is 2.49. The smallest absolute Gasteiger partial charge is 0.123 e. The maximum Gasteiger partial charge on any atom is 0.123 e. The summed E-state index contributed by atoms with van der Waals surface area (Å²) in [5.74, 6) is 3.28. The quantitative estimate of drug-likeness (QED) is 0.245. The van der Waals surface area contributed by atoms with Crippen molar-refractivity contribution in [3.8, 4) is 12.3 Å². The van der Waals surface area contributed by atoms with E-state index in [1.165, 1.54) is 0 Å². The zero-order chi connectivity index (χ0) is 14.0. The average Bonchev–Trinajstić information content (AvgIpc) is 2.36. The minimum atomic E-state index is 0.364. The van der Waals surface area contributed by atoms with Crippen LogP contribution in [0.25, 0.3) is 0 Å². The van der Waals surface area contributed by atoms with Gasteiger partial charge in [0.1, 0.15) is 12.4 Å². The lowest BCUT2D eigenvalue weighted by atomic mass is 10.1. The minimum Gasteiger partial charge on any atom is -0.361 e. The first-order valence-electron chi connectivity index (χ1n) is 5.97. The number of nitrogens with one attached hydrogen (secondary N) is 1. The van der Waals surface area contributed by atoms with Gasteiger partial charge in [0.25, 0.3) is 0 Å². The van der Waals surface area contributed by atoms with Crippen molar-refractivity contribution < 1.29 is 0 Å². The maximum atomic E-state index is 5.23. The molecule has 98 valence electrons. The Balaban J connectivity index is 4.71. The van der Waals surface area contributed by atoms with Crippen LogP contribution in [-0.4, -0.2) is 30.5 Å². The topological polar surface area (TPSA) is 27.6 Å². The SMILES string of the molecule is C#CC/N=C(\C=C(/C)C(=C)C)NCN(C=C)CC. The molecule has 0 rings (SSSR count). The second-order valence-corrected chi connectivity index (χ2v) is 3.94. The van der Waals surface area contributed by atoms with Crippen molar-refractivity contribution in [2.75, 3.05) is 19.8 Å². The number of hydrogen-bond donors (Lipinski definition) is 1. The summed E-state index contributed by atoms with van der Waals surface area (Å²) in [6.45, 7) is 15.6. The van der Waals surface area contributed by atoms with E-state index >= 15 is 0 Å². The first-order valence-corrected chi connectivity index (χ1v) is 5.97. The van der Waals surface area contributed by atoms with Crippen LogP contribution in [-0.2, 0) is 0 Å². The Kier molecular flexibility index (Phi) is 8.13. The van der Waals surface area contributed by atoms with Gasteiger partial charge >= 0.3 is 0 Å². The number of terminal acetylenes is 1. The third-order valence-electron chi connectivity index (χ3n) is 2.49. The number of allylic oxidation sites excluding steroid dienone is 2. The minimum absolute atomic E-state index is 0.364. The molecule has 0 unspecified atom stereocenters. The average molecular weight is 245 g/mol. The lowest BCUT2D eigenvalue weighted by Crippen LogP contribution is -2.34. The monoisotopic (exact) mass is 245 g/mol. The molecule has 0 fully saturated rings. The molecule has 0 atom stereocenters. The molecular weight excluding hydrogens is 222 g/mol. The summed E-state index contributed by atoms with van der Waals surface area (Å²) in [7, 11) is 0. The standard InChI is InChI=1S/C15H23N3/c1-7-10-16-15(11-14(6)13(4)5)17-12-18(8-2)9-3/h1,8,11H,2,4,9-10,12H2,3,5-6H3,(H,16,17)/b14-11+. The fraction of sp³-hybridized carbons (Fsp3) is 0.400. The molecule has 0 aliphatic carbocycles. The number of aliphatic imine (C=N–C) groups is 1. The summed E-state index contributed by atoms with van der Waals surface area (Å²) in [4.78, 5) is 6.33. The van der Waals surface area contributed by atoms with E-state index < -0.39 is 0 Å². The lowest BCUT2D eigenvalue weighted by molar-refractivity contribution is 0.390. The molecule has 3 nitrogen and oxygen atoms in total. The van der Waals surface area contributed by atoms with E-state index in [0.29, 0.717) is 13.2 Å². The van der Waals surface area contributed by atoms with Gasteiger partial charge in [0.2, 0.25) is 0 Å². The Morgan fingerprint density at radius 1 is 1.50 bits per heavy atom. The van der Waals surface area contributed by atoms with Gasteiger partial charge in [0.05, 0.1) is 6.67 Å². The third kappa shape index (κ3) is 6.59. The second kappa shape index (κ2) is 9.12. The highest BCUT2D eigenvalue weighted by atomic mass is 15.2. The van der Waals surface area contributed by atoms with Gasteiger partial charge in [-0.1, -0.05) is 24.7 Å². The molecule has 0 spiro atoms. The van der Waals surface area contributed by atoms with E-state index in [1.54, 1.807) is 6.20 Å². The molecule has 0 bridgehead atoms. The fourth-order valence-electron chi connectivity index (χ4n) is 1.10. The molecule has 0 aromatic heterocycles. The van der Waals surface area contributed by atoms with E-state index in [1.807, 2.05) is 24.8 Å². The van der Waals surface area contributed by atoms with E-state index in [-0.39, 0.29) is 0 Å². The van der Waals surface area contributed by atoms with Gasteiger partial charge in [-0.15, -0.1) is 6.42 Å². The van der Waals surface area contributed by atoms with Crippen LogP contribution in [0.5, 0.6) is 0 Å². The summed E-state index contributed by atoms with van der Waals surface area (Å²) in [6, 6.07) is 0. The molecule has 0 aromatic rings. The Labute approximate surface area is 111 Å². The van der Waals surface area contributed by atoms with Crippen molar-refractivity contribution in [3.05, 3.63) is 36.6 Å². The van der Waals surface area contributed by atoms with Gasteiger partial charge in [-0.3, -0.25) is 4.99 Å². The van der Waals surface area contributed by atoms with Crippen molar-refractivity contribution in [1.82, 2.24) is 10.2 Å². The molecule has 0 amide bonds.